The van der Waals surface area contributed by atoms with Gasteiger partial charge in [-0.15, -0.1) is 0 Å². The molecule has 0 fully saturated rings. The summed E-state index contributed by atoms with van der Waals surface area (Å²) < 4.78 is 32.5. The fourth-order valence-electron chi connectivity index (χ4n) is 4.63. The number of rotatable bonds is 16. The molecule has 8 nitrogen and oxygen atoms in total. The van der Waals surface area contributed by atoms with Gasteiger partial charge in [-0.05, 0) is 55.2 Å². The summed E-state index contributed by atoms with van der Waals surface area (Å²) in [6.45, 7) is 4.97. The number of halogens is 1. The van der Waals surface area contributed by atoms with Gasteiger partial charge in [-0.2, -0.15) is 0 Å². The van der Waals surface area contributed by atoms with Crippen LogP contribution in [0.4, 0.5) is 5.69 Å². The molecular formula is C32H40ClN3O5S. The van der Waals surface area contributed by atoms with E-state index in [2.05, 4.69) is 5.32 Å². The fourth-order valence-corrected chi connectivity index (χ4v) is 5.72. The van der Waals surface area contributed by atoms with Crippen molar-refractivity contribution in [3.63, 3.8) is 0 Å². The largest absolute Gasteiger partial charge is 0.492 e. The third-order valence-corrected chi connectivity index (χ3v) is 8.10. The number of anilines is 1. The molecule has 1 N–H and O–H groups in total. The molecule has 0 aromatic heterocycles. The minimum atomic E-state index is -3.66. The van der Waals surface area contributed by atoms with Crippen molar-refractivity contribution >= 4 is 39.1 Å². The SMILES string of the molecule is CCCNC(=O)[C@H](Cc1ccccc1)N(Cc1ccc(Cl)cc1)C(=O)CCCN(c1ccccc1OCC)S(C)(=O)=O. The number of ether oxygens (including phenoxy) is 1. The quantitative estimate of drug-likeness (QED) is 0.232. The fraction of sp³-hybridized carbons (Fsp3) is 0.375. The van der Waals surface area contributed by atoms with Gasteiger partial charge < -0.3 is 15.0 Å². The van der Waals surface area contributed by atoms with Gasteiger partial charge in [0.25, 0.3) is 0 Å². The minimum Gasteiger partial charge on any atom is -0.492 e. The Balaban J connectivity index is 1.88. The third-order valence-electron chi connectivity index (χ3n) is 6.67. The lowest BCUT2D eigenvalue weighted by Crippen LogP contribution is -2.50. The number of hydrogen-bond donors (Lipinski definition) is 1. The summed E-state index contributed by atoms with van der Waals surface area (Å²) in [4.78, 5) is 29.0. The lowest BCUT2D eigenvalue weighted by molar-refractivity contribution is -0.141. The second kappa shape index (κ2) is 16.2. The Morgan fingerprint density at radius 3 is 2.24 bits per heavy atom. The average Bonchev–Trinajstić information content (AvgIpc) is 2.97. The van der Waals surface area contributed by atoms with E-state index in [-0.39, 0.29) is 37.7 Å². The number of para-hydroxylation sites is 2. The molecule has 2 amide bonds. The van der Waals surface area contributed by atoms with Crippen molar-refractivity contribution in [1.82, 2.24) is 10.2 Å². The van der Waals surface area contributed by atoms with Crippen molar-refractivity contribution in [3.05, 3.63) is 95.0 Å². The van der Waals surface area contributed by atoms with E-state index in [9.17, 15) is 18.0 Å². The van der Waals surface area contributed by atoms with Crippen molar-refractivity contribution in [2.24, 2.45) is 0 Å². The van der Waals surface area contributed by atoms with Crippen molar-refractivity contribution in [2.45, 2.75) is 52.1 Å². The van der Waals surface area contributed by atoms with Gasteiger partial charge >= 0.3 is 0 Å². The maximum absolute atomic E-state index is 13.9. The summed E-state index contributed by atoms with van der Waals surface area (Å²) in [5, 5.41) is 3.54. The smallest absolute Gasteiger partial charge is 0.243 e. The van der Waals surface area contributed by atoms with Gasteiger partial charge in [0.05, 0.1) is 18.6 Å². The Morgan fingerprint density at radius 1 is 0.929 bits per heavy atom. The van der Waals surface area contributed by atoms with Crippen LogP contribution in [-0.2, 0) is 32.6 Å². The number of carbonyl (C=O) groups is 2. The Kier molecular flexibility index (Phi) is 12.7. The van der Waals surface area contributed by atoms with Gasteiger partial charge in [0.1, 0.15) is 11.8 Å². The van der Waals surface area contributed by atoms with Crippen LogP contribution in [0.2, 0.25) is 5.02 Å². The Bertz CT molecular complexity index is 1400. The first kappa shape index (κ1) is 32.9. The van der Waals surface area contributed by atoms with Gasteiger partial charge in [-0.25, -0.2) is 8.42 Å². The van der Waals surface area contributed by atoms with Crippen LogP contribution in [0.1, 0.15) is 44.2 Å². The topological polar surface area (TPSA) is 96.0 Å². The zero-order valence-corrected chi connectivity index (χ0v) is 26.0. The molecule has 3 rings (SSSR count). The number of hydrogen-bond acceptors (Lipinski definition) is 5. The van der Waals surface area contributed by atoms with E-state index in [4.69, 9.17) is 16.3 Å². The predicted molar refractivity (Wildman–Crippen MR) is 168 cm³/mol. The first-order valence-electron chi connectivity index (χ1n) is 14.2. The van der Waals surface area contributed by atoms with E-state index in [1.807, 2.05) is 56.3 Å². The van der Waals surface area contributed by atoms with Crippen LogP contribution in [0.3, 0.4) is 0 Å². The van der Waals surface area contributed by atoms with E-state index in [1.165, 1.54) is 4.31 Å². The molecule has 3 aromatic carbocycles. The van der Waals surface area contributed by atoms with Gasteiger partial charge in [0.15, 0.2) is 0 Å². The highest BCUT2D eigenvalue weighted by molar-refractivity contribution is 7.92. The summed E-state index contributed by atoms with van der Waals surface area (Å²) in [5.74, 6) is -0.0212. The number of amides is 2. The van der Waals surface area contributed by atoms with Gasteiger partial charge in [0, 0.05) is 37.5 Å². The summed E-state index contributed by atoms with van der Waals surface area (Å²) in [6.07, 6.45) is 2.53. The second-order valence-corrected chi connectivity index (χ2v) is 12.3. The lowest BCUT2D eigenvalue weighted by Gasteiger charge is -2.32. The van der Waals surface area contributed by atoms with Crippen molar-refractivity contribution in [2.75, 3.05) is 30.3 Å². The highest BCUT2D eigenvalue weighted by Gasteiger charge is 2.30. The minimum absolute atomic E-state index is 0.0444. The molecule has 1 atom stereocenters. The van der Waals surface area contributed by atoms with Crippen LogP contribution in [0.25, 0.3) is 0 Å². The molecule has 3 aromatic rings. The maximum atomic E-state index is 13.9. The third kappa shape index (κ3) is 9.77. The monoisotopic (exact) mass is 613 g/mol. The molecule has 0 heterocycles. The highest BCUT2D eigenvalue weighted by Crippen LogP contribution is 2.30. The molecule has 0 aliphatic carbocycles. The van der Waals surface area contributed by atoms with Crippen LogP contribution >= 0.6 is 11.6 Å². The van der Waals surface area contributed by atoms with Crippen molar-refractivity contribution in [1.29, 1.82) is 0 Å². The van der Waals surface area contributed by atoms with Crippen LogP contribution in [0.15, 0.2) is 78.9 Å². The standard InChI is InChI=1S/C32H40ClN3O5S/c1-4-21-34-32(38)29(23-25-12-7-6-8-13-25)35(24-26-17-19-27(33)20-18-26)31(37)16-11-22-36(42(3,39)40)28-14-9-10-15-30(28)41-5-2/h6-10,12-15,17-20,29H,4-5,11,16,21-24H2,1-3H3,(H,34,38)/t29-/m0/s1. The molecule has 0 unspecified atom stereocenters. The molecular weight excluding hydrogens is 574 g/mol. The van der Waals surface area contributed by atoms with E-state index >= 15 is 0 Å². The first-order valence-corrected chi connectivity index (χ1v) is 16.4. The van der Waals surface area contributed by atoms with E-state index in [1.54, 1.807) is 41.3 Å². The molecule has 0 spiro atoms. The van der Waals surface area contributed by atoms with Gasteiger partial charge in [0.2, 0.25) is 21.8 Å². The molecule has 0 bridgehead atoms. The molecule has 42 heavy (non-hydrogen) atoms. The summed E-state index contributed by atoms with van der Waals surface area (Å²) in [6, 6.07) is 22.9. The van der Waals surface area contributed by atoms with Gasteiger partial charge in [-0.1, -0.05) is 73.1 Å². The first-order chi connectivity index (χ1) is 20.1. The maximum Gasteiger partial charge on any atom is 0.243 e. The Labute approximate surface area is 254 Å². The Morgan fingerprint density at radius 2 is 1.60 bits per heavy atom. The number of sulfonamides is 1. The predicted octanol–water partition coefficient (Wildman–Crippen LogP) is 5.45. The summed E-state index contributed by atoms with van der Waals surface area (Å²) >= 11 is 6.10. The van der Waals surface area contributed by atoms with E-state index < -0.39 is 16.1 Å². The van der Waals surface area contributed by atoms with E-state index in [0.29, 0.717) is 36.0 Å². The second-order valence-electron chi connectivity index (χ2n) is 9.98. The Hall–Kier alpha value is -3.56. The average molecular weight is 614 g/mol. The highest BCUT2D eigenvalue weighted by atomic mass is 35.5. The van der Waals surface area contributed by atoms with Crippen molar-refractivity contribution in [3.8, 4) is 5.75 Å². The zero-order chi connectivity index (χ0) is 30.5. The van der Waals surface area contributed by atoms with Gasteiger partial charge in [-0.3, -0.25) is 13.9 Å². The zero-order valence-electron chi connectivity index (χ0n) is 24.5. The summed E-state index contributed by atoms with van der Waals surface area (Å²) in [5.41, 5.74) is 2.18. The molecule has 0 radical (unpaired) electrons. The molecule has 0 saturated carbocycles. The number of nitrogens with one attached hydrogen (secondary N) is 1. The molecule has 0 saturated heterocycles. The van der Waals surface area contributed by atoms with Crippen LogP contribution in [0, 0.1) is 0 Å². The number of nitrogens with zero attached hydrogens (tertiary/aromatic N) is 2. The number of carbonyl (C=O) groups excluding carboxylic acids is 2. The van der Waals surface area contributed by atoms with Crippen molar-refractivity contribution < 1.29 is 22.7 Å². The molecule has 0 aliphatic heterocycles. The molecule has 10 heteroatoms. The lowest BCUT2D eigenvalue weighted by atomic mass is 10.0. The van der Waals surface area contributed by atoms with E-state index in [0.717, 1.165) is 23.8 Å². The molecule has 0 aliphatic rings. The normalized spacial score (nSPS) is 11.9. The van der Waals surface area contributed by atoms with Crippen LogP contribution < -0.4 is 14.4 Å². The molecule has 226 valence electrons. The number of benzene rings is 3. The summed E-state index contributed by atoms with van der Waals surface area (Å²) in [7, 11) is -3.66. The van der Waals surface area contributed by atoms with Crippen LogP contribution in [0.5, 0.6) is 5.75 Å². The van der Waals surface area contributed by atoms with Crippen LogP contribution in [-0.4, -0.2) is 57.1 Å².